The van der Waals surface area contributed by atoms with E-state index in [9.17, 15) is 4.79 Å². The average molecular weight is 264 g/mol. The number of carbonyl (C=O) groups excluding carboxylic acids is 1. The molecular weight excluding hydrogens is 248 g/mol. The lowest BCUT2D eigenvalue weighted by molar-refractivity contribution is 0.104. The summed E-state index contributed by atoms with van der Waals surface area (Å²) in [6, 6.07) is 17.0. The van der Waals surface area contributed by atoms with E-state index in [2.05, 4.69) is 0 Å². The van der Waals surface area contributed by atoms with Gasteiger partial charge in [-0.3, -0.25) is 4.79 Å². The van der Waals surface area contributed by atoms with Crippen LogP contribution in [-0.4, -0.2) is 12.9 Å². The van der Waals surface area contributed by atoms with Crippen molar-refractivity contribution in [2.24, 2.45) is 0 Å². The summed E-state index contributed by atoms with van der Waals surface area (Å²) < 4.78 is 5.06. The summed E-state index contributed by atoms with van der Waals surface area (Å²) in [7, 11) is 1.60. The molecule has 0 saturated heterocycles. The molecule has 0 atom stereocenters. The fraction of sp³-hybridized carbons (Fsp3) is 0.0556. The van der Waals surface area contributed by atoms with E-state index in [0.717, 1.165) is 11.3 Å². The van der Waals surface area contributed by atoms with Gasteiger partial charge in [-0.15, -0.1) is 0 Å². The third kappa shape index (κ3) is 3.95. The van der Waals surface area contributed by atoms with Gasteiger partial charge in [0, 0.05) is 5.56 Å². The second kappa shape index (κ2) is 7.10. The summed E-state index contributed by atoms with van der Waals surface area (Å²) in [5.41, 5.74) is 1.75. The number of hydrogen-bond acceptors (Lipinski definition) is 2. The van der Waals surface area contributed by atoms with Crippen molar-refractivity contribution in [2.75, 3.05) is 7.11 Å². The van der Waals surface area contributed by atoms with E-state index in [1.54, 1.807) is 43.5 Å². The molecule has 0 saturated carbocycles. The third-order valence-electron chi connectivity index (χ3n) is 2.82. The molecule has 100 valence electrons. The predicted molar refractivity (Wildman–Crippen MR) is 81.9 cm³/mol. The van der Waals surface area contributed by atoms with Gasteiger partial charge in [0.2, 0.25) is 0 Å². The quantitative estimate of drug-likeness (QED) is 0.461. The summed E-state index contributed by atoms with van der Waals surface area (Å²) in [6.07, 6.45) is 7.12. The lowest BCUT2D eigenvalue weighted by Gasteiger charge is -1.99. The van der Waals surface area contributed by atoms with E-state index in [1.165, 1.54) is 0 Å². The molecule has 2 aromatic carbocycles. The second-order valence-corrected chi connectivity index (χ2v) is 4.22. The highest BCUT2D eigenvalue weighted by Crippen LogP contribution is 2.12. The zero-order chi connectivity index (χ0) is 14.2. The maximum atomic E-state index is 11.9. The molecule has 2 heteroatoms. The van der Waals surface area contributed by atoms with E-state index >= 15 is 0 Å². The van der Waals surface area contributed by atoms with Crippen molar-refractivity contribution in [3.05, 3.63) is 84.0 Å². The first kappa shape index (κ1) is 13.8. The van der Waals surface area contributed by atoms with Crippen molar-refractivity contribution < 1.29 is 9.53 Å². The average Bonchev–Trinajstić information content (AvgIpc) is 2.52. The number of rotatable bonds is 5. The maximum Gasteiger partial charge on any atom is 0.185 e. The number of carbonyl (C=O) groups is 1. The molecular formula is C18H16O2. The molecule has 0 aliphatic heterocycles. The Hall–Kier alpha value is -2.61. The first-order valence-electron chi connectivity index (χ1n) is 6.38. The SMILES string of the molecule is COc1ccc(C(=O)/C=C/C=C\c2ccccc2)cc1. The van der Waals surface area contributed by atoms with Gasteiger partial charge in [0.1, 0.15) is 5.75 Å². The first-order chi connectivity index (χ1) is 9.79. The molecule has 0 spiro atoms. The number of allylic oxidation sites excluding steroid dienone is 3. The number of ketones is 1. The summed E-state index contributed by atoms with van der Waals surface area (Å²) in [5.74, 6) is 0.722. The van der Waals surface area contributed by atoms with E-state index < -0.39 is 0 Å². The van der Waals surface area contributed by atoms with E-state index in [1.807, 2.05) is 42.5 Å². The van der Waals surface area contributed by atoms with Crippen LogP contribution in [0.1, 0.15) is 15.9 Å². The molecule has 0 unspecified atom stereocenters. The molecule has 20 heavy (non-hydrogen) atoms. The van der Waals surface area contributed by atoms with Crippen molar-refractivity contribution in [3.63, 3.8) is 0 Å². The van der Waals surface area contributed by atoms with Crippen molar-refractivity contribution in [1.29, 1.82) is 0 Å². The summed E-state index contributed by atoms with van der Waals surface area (Å²) in [6.45, 7) is 0. The second-order valence-electron chi connectivity index (χ2n) is 4.22. The van der Waals surface area contributed by atoms with Crippen LogP contribution in [0.25, 0.3) is 6.08 Å². The van der Waals surface area contributed by atoms with Crippen LogP contribution in [0.5, 0.6) is 5.75 Å². The van der Waals surface area contributed by atoms with Crippen LogP contribution in [0.2, 0.25) is 0 Å². The number of benzene rings is 2. The predicted octanol–water partition coefficient (Wildman–Crippen LogP) is 4.15. The topological polar surface area (TPSA) is 26.3 Å². The number of ether oxygens (including phenoxy) is 1. The Kier molecular flexibility index (Phi) is 4.90. The zero-order valence-corrected chi connectivity index (χ0v) is 11.3. The molecule has 0 aliphatic carbocycles. The number of methoxy groups -OCH3 is 1. The van der Waals surface area contributed by atoms with Crippen molar-refractivity contribution in [3.8, 4) is 5.75 Å². The van der Waals surface area contributed by atoms with E-state index in [-0.39, 0.29) is 5.78 Å². The highest BCUT2D eigenvalue weighted by molar-refractivity contribution is 6.04. The molecule has 0 heterocycles. The Morgan fingerprint density at radius 1 is 0.950 bits per heavy atom. The molecule has 2 rings (SSSR count). The Morgan fingerprint density at radius 3 is 2.30 bits per heavy atom. The van der Waals surface area contributed by atoms with Crippen LogP contribution < -0.4 is 4.74 Å². The normalized spacial score (nSPS) is 11.1. The third-order valence-corrected chi connectivity index (χ3v) is 2.82. The molecule has 0 bridgehead atoms. The molecule has 0 N–H and O–H groups in total. The molecule has 2 aromatic rings. The molecule has 0 aromatic heterocycles. The lowest BCUT2D eigenvalue weighted by Crippen LogP contribution is -1.93. The number of hydrogen-bond donors (Lipinski definition) is 0. The van der Waals surface area contributed by atoms with Gasteiger partial charge in [-0.05, 0) is 35.9 Å². The smallest absolute Gasteiger partial charge is 0.185 e. The molecule has 2 nitrogen and oxygen atoms in total. The van der Waals surface area contributed by atoms with E-state index in [0.29, 0.717) is 5.56 Å². The van der Waals surface area contributed by atoms with Crippen LogP contribution >= 0.6 is 0 Å². The summed E-state index contributed by atoms with van der Waals surface area (Å²) >= 11 is 0. The molecule has 0 aliphatic rings. The van der Waals surface area contributed by atoms with E-state index in [4.69, 9.17) is 4.74 Å². The van der Waals surface area contributed by atoms with Gasteiger partial charge in [0.05, 0.1) is 7.11 Å². The molecule has 0 fully saturated rings. The fourth-order valence-corrected chi connectivity index (χ4v) is 1.73. The van der Waals surface area contributed by atoms with Crippen LogP contribution in [0, 0.1) is 0 Å². The first-order valence-corrected chi connectivity index (χ1v) is 6.38. The monoisotopic (exact) mass is 264 g/mol. The minimum absolute atomic E-state index is 0.0228. The standard InChI is InChI=1S/C18H16O2/c1-20-17-13-11-16(12-14-17)18(19)10-6-5-9-15-7-3-2-4-8-15/h2-14H,1H3/b9-5-,10-6+. The van der Waals surface area contributed by atoms with Crippen LogP contribution in [0.3, 0.4) is 0 Å². The van der Waals surface area contributed by atoms with Gasteiger partial charge in [-0.25, -0.2) is 0 Å². The highest BCUT2D eigenvalue weighted by Gasteiger charge is 2.00. The summed E-state index contributed by atoms with van der Waals surface area (Å²) in [5, 5.41) is 0. The van der Waals surface area contributed by atoms with Gasteiger partial charge >= 0.3 is 0 Å². The Bertz CT molecular complexity index is 608. The lowest BCUT2D eigenvalue weighted by atomic mass is 10.1. The Balaban J connectivity index is 1.96. The van der Waals surface area contributed by atoms with Gasteiger partial charge in [-0.2, -0.15) is 0 Å². The van der Waals surface area contributed by atoms with Crippen LogP contribution in [0.4, 0.5) is 0 Å². The fourth-order valence-electron chi connectivity index (χ4n) is 1.73. The minimum atomic E-state index is -0.0228. The Labute approximate surface area is 119 Å². The highest BCUT2D eigenvalue weighted by atomic mass is 16.5. The van der Waals surface area contributed by atoms with Crippen molar-refractivity contribution in [2.45, 2.75) is 0 Å². The minimum Gasteiger partial charge on any atom is -0.497 e. The molecule has 0 amide bonds. The van der Waals surface area contributed by atoms with Gasteiger partial charge in [0.25, 0.3) is 0 Å². The van der Waals surface area contributed by atoms with Gasteiger partial charge in [0.15, 0.2) is 5.78 Å². The maximum absolute atomic E-state index is 11.9. The Morgan fingerprint density at radius 2 is 1.65 bits per heavy atom. The van der Waals surface area contributed by atoms with Gasteiger partial charge in [-0.1, -0.05) is 48.6 Å². The summed E-state index contributed by atoms with van der Waals surface area (Å²) in [4.78, 5) is 11.9. The zero-order valence-electron chi connectivity index (χ0n) is 11.3. The van der Waals surface area contributed by atoms with Crippen molar-refractivity contribution in [1.82, 2.24) is 0 Å². The largest absolute Gasteiger partial charge is 0.497 e. The van der Waals surface area contributed by atoms with Gasteiger partial charge < -0.3 is 4.74 Å². The van der Waals surface area contributed by atoms with Crippen molar-refractivity contribution >= 4 is 11.9 Å². The van der Waals surface area contributed by atoms with Crippen LogP contribution in [-0.2, 0) is 0 Å². The van der Waals surface area contributed by atoms with Crippen LogP contribution in [0.15, 0.2) is 72.8 Å². The molecule has 0 radical (unpaired) electrons.